The van der Waals surface area contributed by atoms with Crippen LogP contribution in [0, 0.1) is 0 Å². The van der Waals surface area contributed by atoms with Crippen LogP contribution in [-0.4, -0.2) is 0 Å². The molecule has 0 saturated heterocycles. The van der Waals surface area contributed by atoms with Gasteiger partial charge in [0.15, 0.2) is 0 Å². The van der Waals surface area contributed by atoms with Crippen LogP contribution in [0.15, 0.2) is 81.7 Å². The van der Waals surface area contributed by atoms with Crippen LogP contribution in [0.5, 0.6) is 0 Å². The molecular weight excluding hydrogens is 424 g/mol. The lowest BCUT2D eigenvalue weighted by Crippen LogP contribution is -1.85. The quantitative estimate of drug-likeness (QED) is 0.222. The molecule has 0 amide bonds. The molecule has 0 fully saturated rings. The Hall–Kier alpha value is -1.90. The largest absolute Gasteiger partial charge is 0.0616 e. The standard InChI is InChI=1S/C22H14Br2/c23-16-12-9-15(10-13-16)11-14-19-17-5-1-3-7-20(17)22(24)21-8-4-2-6-18(19)21/h1-14H/b14-11+. The zero-order valence-electron chi connectivity index (χ0n) is 12.8. The van der Waals surface area contributed by atoms with E-state index in [0.29, 0.717) is 0 Å². The first-order valence-corrected chi connectivity index (χ1v) is 9.35. The summed E-state index contributed by atoms with van der Waals surface area (Å²) in [6.07, 6.45) is 4.40. The summed E-state index contributed by atoms with van der Waals surface area (Å²) in [5.41, 5.74) is 2.45. The Labute approximate surface area is 158 Å². The second kappa shape index (κ2) is 6.54. The highest BCUT2D eigenvalue weighted by atomic mass is 79.9. The van der Waals surface area contributed by atoms with E-state index in [1.165, 1.54) is 32.7 Å². The molecule has 2 heteroatoms. The van der Waals surface area contributed by atoms with Gasteiger partial charge < -0.3 is 0 Å². The van der Waals surface area contributed by atoms with Crippen molar-refractivity contribution >= 4 is 65.6 Å². The van der Waals surface area contributed by atoms with Gasteiger partial charge in [0.05, 0.1) is 0 Å². The second-order valence-corrected chi connectivity index (χ2v) is 7.41. The van der Waals surface area contributed by atoms with Crippen molar-refractivity contribution in [1.29, 1.82) is 0 Å². The predicted molar refractivity (Wildman–Crippen MR) is 112 cm³/mol. The van der Waals surface area contributed by atoms with Crippen LogP contribution in [0.4, 0.5) is 0 Å². The molecule has 0 aliphatic heterocycles. The van der Waals surface area contributed by atoms with E-state index in [-0.39, 0.29) is 0 Å². The van der Waals surface area contributed by atoms with Gasteiger partial charge in [-0.25, -0.2) is 0 Å². The Morgan fingerprint density at radius 3 is 1.58 bits per heavy atom. The smallest absolute Gasteiger partial charge is 0.0332 e. The monoisotopic (exact) mass is 436 g/mol. The SMILES string of the molecule is Brc1ccc(/C=C/c2c3ccccc3c(Br)c3ccccc23)cc1. The highest BCUT2D eigenvalue weighted by Crippen LogP contribution is 2.37. The van der Waals surface area contributed by atoms with E-state index in [1.807, 2.05) is 0 Å². The van der Waals surface area contributed by atoms with Gasteiger partial charge in [-0.2, -0.15) is 0 Å². The van der Waals surface area contributed by atoms with E-state index in [1.54, 1.807) is 0 Å². The maximum absolute atomic E-state index is 3.79. The zero-order valence-corrected chi connectivity index (χ0v) is 16.0. The fraction of sp³-hybridized carbons (Fsp3) is 0. The summed E-state index contributed by atoms with van der Waals surface area (Å²) in [5, 5.41) is 5.01. The van der Waals surface area contributed by atoms with E-state index < -0.39 is 0 Å². The molecule has 24 heavy (non-hydrogen) atoms. The molecule has 0 aromatic heterocycles. The van der Waals surface area contributed by atoms with Crippen molar-refractivity contribution < 1.29 is 0 Å². The van der Waals surface area contributed by atoms with Crippen LogP contribution < -0.4 is 0 Å². The van der Waals surface area contributed by atoms with Crippen molar-refractivity contribution in [2.75, 3.05) is 0 Å². The zero-order chi connectivity index (χ0) is 16.5. The average molecular weight is 438 g/mol. The molecule has 0 atom stereocenters. The molecule has 0 aliphatic rings. The van der Waals surface area contributed by atoms with E-state index in [4.69, 9.17) is 0 Å². The molecule has 0 aliphatic carbocycles. The number of benzene rings is 4. The fourth-order valence-corrected chi connectivity index (χ4v) is 4.00. The summed E-state index contributed by atoms with van der Waals surface area (Å²) >= 11 is 7.28. The Bertz CT molecular complexity index is 1000. The lowest BCUT2D eigenvalue weighted by molar-refractivity contribution is 1.62. The van der Waals surface area contributed by atoms with Crippen molar-refractivity contribution in [3.05, 3.63) is 92.9 Å². The van der Waals surface area contributed by atoms with E-state index >= 15 is 0 Å². The topological polar surface area (TPSA) is 0 Å². The molecule has 116 valence electrons. The molecule has 0 spiro atoms. The van der Waals surface area contributed by atoms with E-state index in [0.717, 1.165) is 8.95 Å². The molecule has 0 saturated carbocycles. The fourth-order valence-electron chi connectivity index (χ4n) is 3.04. The number of fused-ring (bicyclic) bond motifs is 2. The van der Waals surface area contributed by atoms with Crippen LogP contribution in [-0.2, 0) is 0 Å². The number of rotatable bonds is 2. The predicted octanol–water partition coefficient (Wildman–Crippen LogP) is 7.69. The minimum Gasteiger partial charge on any atom is -0.0616 e. The summed E-state index contributed by atoms with van der Waals surface area (Å²) in [6, 6.07) is 25.4. The van der Waals surface area contributed by atoms with Crippen LogP contribution in [0.1, 0.15) is 11.1 Å². The van der Waals surface area contributed by atoms with Gasteiger partial charge in [0.25, 0.3) is 0 Å². The highest BCUT2D eigenvalue weighted by Gasteiger charge is 2.09. The van der Waals surface area contributed by atoms with Crippen LogP contribution in [0.3, 0.4) is 0 Å². The van der Waals surface area contributed by atoms with Gasteiger partial charge in [-0.05, 0) is 60.7 Å². The lowest BCUT2D eigenvalue weighted by atomic mass is 9.96. The number of hydrogen-bond donors (Lipinski definition) is 0. The van der Waals surface area contributed by atoms with Crippen molar-refractivity contribution in [2.45, 2.75) is 0 Å². The summed E-state index contributed by atoms with van der Waals surface area (Å²) in [4.78, 5) is 0. The molecular formula is C22H14Br2. The second-order valence-electron chi connectivity index (χ2n) is 5.70. The van der Waals surface area contributed by atoms with Crippen molar-refractivity contribution in [1.82, 2.24) is 0 Å². The maximum Gasteiger partial charge on any atom is 0.0332 e. The first-order valence-electron chi connectivity index (χ1n) is 7.76. The minimum absolute atomic E-state index is 1.10. The molecule has 0 bridgehead atoms. The molecule has 0 radical (unpaired) electrons. The summed E-state index contributed by atoms with van der Waals surface area (Å²) in [6.45, 7) is 0. The Morgan fingerprint density at radius 2 is 1.04 bits per heavy atom. The maximum atomic E-state index is 3.79. The Morgan fingerprint density at radius 1 is 0.542 bits per heavy atom. The number of hydrogen-bond acceptors (Lipinski definition) is 0. The molecule has 4 aromatic carbocycles. The molecule has 0 heterocycles. The molecule has 0 N–H and O–H groups in total. The van der Waals surface area contributed by atoms with Gasteiger partial charge in [0.1, 0.15) is 0 Å². The van der Waals surface area contributed by atoms with Gasteiger partial charge in [0.2, 0.25) is 0 Å². The molecule has 4 aromatic rings. The van der Waals surface area contributed by atoms with Crippen LogP contribution >= 0.6 is 31.9 Å². The highest BCUT2D eigenvalue weighted by molar-refractivity contribution is 9.11. The van der Waals surface area contributed by atoms with E-state index in [2.05, 4.69) is 117 Å². The minimum atomic E-state index is 1.10. The number of halogens is 2. The first-order chi connectivity index (χ1) is 11.7. The third kappa shape index (κ3) is 2.81. The Kier molecular flexibility index (Phi) is 4.26. The first kappa shape index (κ1) is 15.6. The Balaban J connectivity index is 1.98. The van der Waals surface area contributed by atoms with Crippen molar-refractivity contribution in [2.24, 2.45) is 0 Å². The summed E-state index contributed by atoms with van der Waals surface area (Å²) < 4.78 is 2.26. The summed E-state index contributed by atoms with van der Waals surface area (Å²) in [5.74, 6) is 0. The normalized spacial score (nSPS) is 11.6. The molecule has 4 rings (SSSR count). The van der Waals surface area contributed by atoms with Crippen LogP contribution in [0.25, 0.3) is 33.7 Å². The van der Waals surface area contributed by atoms with Gasteiger partial charge in [-0.1, -0.05) is 88.7 Å². The third-order valence-electron chi connectivity index (χ3n) is 4.22. The van der Waals surface area contributed by atoms with Crippen molar-refractivity contribution in [3.63, 3.8) is 0 Å². The van der Waals surface area contributed by atoms with Crippen molar-refractivity contribution in [3.8, 4) is 0 Å². The van der Waals surface area contributed by atoms with E-state index in [9.17, 15) is 0 Å². The summed E-state index contributed by atoms with van der Waals surface area (Å²) in [7, 11) is 0. The molecule has 0 unspecified atom stereocenters. The van der Waals surface area contributed by atoms with Crippen LogP contribution in [0.2, 0.25) is 0 Å². The van der Waals surface area contributed by atoms with Gasteiger partial charge in [-0.3, -0.25) is 0 Å². The van der Waals surface area contributed by atoms with Gasteiger partial charge >= 0.3 is 0 Å². The van der Waals surface area contributed by atoms with Gasteiger partial charge in [-0.15, -0.1) is 0 Å². The average Bonchev–Trinajstić information content (AvgIpc) is 2.63. The van der Waals surface area contributed by atoms with Gasteiger partial charge in [0, 0.05) is 8.95 Å². The third-order valence-corrected chi connectivity index (χ3v) is 5.60. The lowest BCUT2D eigenvalue weighted by Gasteiger charge is -2.11. The molecule has 0 nitrogen and oxygen atoms in total.